The number of ether oxygens (including phenoxy) is 3. The van der Waals surface area contributed by atoms with Gasteiger partial charge in [-0.25, -0.2) is 0 Å². The molecule has 1 aromatic heterocycles. The van der Waals surface area contributed by atoms with Crippen molar-refractivity contribution in [2.45, 2.75) is 0 Å². The van der Waals surface area contributed by atoms with Crippen molar-refractivity contribution < 1.29 is 28.6 Å². The lowest BCUT2D eigenvalue weighted by molar-refractivity contribution is 0.0674. The van der Waals surface area contributed by atoms with Crippen LogP contribution in [0.1, 0.15) is 5.56 Å². The Labute approximate surface area is 180 Å². The molecule has 0 fully saturated rings. The van der Waals surface area contributed by atoms with Crippen LogP contribution in [0.25, 0.3) is 0 Å². The largest absolute Gasteiger partial charge is 0.470 e. The van der Waals surface area contributed by atoms with Gasteiger partial charge < -0.3 is 24.3 Å². The highest BCUT2D eigenvalue weighted by Crippen LogP contribution is 2.33. The highest BCUT2D eigenvalue weighted by Gasteiger charge is 2.24. The molecule has 0 aliphatic carbocycles. The van der Waals surface area contributed by atoms with Gasteiger partial charge in [-0.05, 0) is 29.4 Å². The lowest BCUT2D eigenvalue weighted by Gasteiger charge is -2.16. The summed E-state index contributed by atoms with van der Waals surface area (Å²) < 4.78 is 31.4. The van der Waals surface area contributed by atoms with Crippen molar-refractivity contribution in [3.63, 3.8) is 0 Å². The van der Waals surface area contributed by atoms with E-state index in [0.717, 1.165) is 6.33 Å². The van der Waals surface area contributed by atoms with E-state index in [1.54, 1.807) is 42.5 Å². The summed E-state index contributed by atoms with van der Waals surface area (Å²) in [6.07, 6.45) is 1.08. The fourth-order valence-electron chi connectivity index (χ4n) is 2.60. The van der Waals surface area contributed by atoms with E-state index in [4.69, 9.17) is 30.6 Å². The van der Waals surface area contributed by atoms with Crippen LogP contribution in [-0.4, -0.2) is 40.0 Å². The number of benzene rings is 2. The minimum atomic E-state index is -0.950. The van der Waals surface area contributed by atoms with Gasteiger partial charge in [-0.3, -0.25) is 0 Å². The molecule has 1 N–H and O–H groups in total. The first kappa shape index (κ1) is 20.4. The van der Waals surface area contributed by atoms with Gasteiger partial charge in [-0.15, -0.1) is 0 Å². The topological polar surface area (TPSA) is 108 Å². The van der Waals surface area contributed by atoms with Gasteiger partial charge in [0.15, 0.2) is 12.3 Å². The van der Waals surface area contributed by atoms with Gasteiger partial charge in [-0.2, -0.15) is 14.4 Å². The van der Waals surface area contributed by atoms with Crippen LogP contribution in [0.15, 0.2) is 65.2 Å². The molecule has 158 valence electrons. The average Bonchev–Trinajstić information content (AvgIpc) is 2.80. The molecular formula is C20H14ClFN4O5. The van der Waals surface area contributed by atoms with Gasteiger partial charge in [0.1, 0.15) is 24.4 Å². The molecule has 1 aliphatic heterocycles. The molecule has 0 atom stereocenters. The molecular weight excluding hydrogens is 431 g/mol. The molecule has 9 nitrogen and oxygen atoms in total. The van der Waals surface area contributed by atoms with E-state index in [9.17, 15) is 9.60 Å². The smallest absolute Gasteiger partial charge is 0.280 e. The Hall–Kier alpha value is -3.92. The summed E-state index contributed by atoms with van der Waals surface area (Å²) in [5.74, 6) is -1.45. The van der Waals surface area contributed by atoms with E-state index in [0.29, 0.717) is 0 Å². The van der Waals surface area contributed by atoms with Crippen LogP contribution in [0.4, 0.5) is 4.39 Å². The number of nitrogens with zero attached hydrogens (tertiary/aromatic N) is 4. The maximum absolute atomic E-state index is 15.0. The lowest BCUT2D eigenvalue weighted by Crippen LogP contribution is -2.25. The monoisotopic (exact) mass is 444 g/mol. The van der Waals surface area contributed by atoms with Crippen LogP contribution in [-0.2, 0) is 9.57 Å². The third-order valence-corrected chi connectivity index (χ3v) is 4.29. The lowest BCUT2D eigenvalue weighted by atomic mass is 10.1. The summed E-state index contributed by atoms with van der Waals surface area (Å²) in [5, 5.41) is 16.7. The first-order valence-electron chi connectivity index (χ1n) is 8.92. The maximum Gasteiger partial charge on any atom is 0.280 e. The van der Waals surface area contributed by atoms with Crippen LogP contribution in [0, 0.1) is 5.82 Å². The Morgan fingerprint density at radius 2 is 1.68 bits per heavy atom. The van der Waals surface area contributed by atoms with Crippen molar-refractivity contribution in [1.82, 2.24) is 9.97 Å². The molecule has 2 heterocycles. The fourth-order valence-corrected chi connectivity index (χ4v) is 2.77. The Balaban J connectivity index is 1.65. The Morgan fingerprint density at radius 3 is 2.35 bits per heavy atom. The third kappa shape index (κ3) is 4.48. The Kier molecular flexibility index (Phi) is 6.08. The van der Waals surface area contributed by atoms with Crippen molar-refractivity contribution in [2.24, 2.45) is 10.3 Å². The SMILES string of the molecule is O/N=C(\C1=NOCCO1)c1ccccc1Oc1ncnc(Oc2ccccc2Cl)c1F. The molecule has 0 spiro atoms. The van der Waals surface area contributed by atoms with Crippen LogP contribution in [0.5, 0.6) is 23.3 Å². The van der Waals surface area contributed by atoms with Crippen molar-refractivity contribution in [3.05, 3.63) is 71.3 Å². The number of para-hydroxylation sites is 2. The van der Waals surface area contributed by atoms with Crippen molar-refractivity contribution in [1.29, 1.82) is 0 Å². The highest BCUT2D eigenvalue weighted by molar-refractivity contribution is 6.45. The number of aromatic nitrogens is 2. The molecule has 2 aromatic carbocycles. The maximum atomic E-state index is 15.0. The fraction of sp³-hybridized carbons (Fsp3) is 0.100. The zero-order valence-corrected chi connectivity index (χ0v) is 16.5. The predicted octanol–water partition coefficient (Wildman–Crippen LogP) is 4.39. The Morgan fingerprint density at radius 1 is 1.00 bits per heavy atom. The summed E-state index contributed by atoms with van der Waals surface area (Å²) in [5.41, 5.74) is 0.207. The summed E-state index contributed by atoms with van der Waals surface area (Å²) >= 11 is 6.05. The quantitative estimate of drug-likeness (QED) is 0.341. The molecule has 11 heteroatoms. The zero-order valence-electron chi connectivity index (χ0n) is 15.7. The summed E-state index contributed by atoms with van der Waals surface area (Å²) in [6, 6.07) is 13.0. The van der Waals surface area contributed by atoms with Gasteiger partial charge in [0.2, 0.25) is 5.82 Å². The summed E-state index contributed by atoms with van der Waals surface area (Å²) in [7, 11) is 0. The summed E-state index contributed by atoms with van der Waals surface area (Å²) in [6.45, 7) is 0.491. The molecule has 4 rings (SSSR count). The number of halogens is 2. The molecule has 0 saturated heterocycles. The number of hydrogen-bond donors (Lipinski definition) is 1. The minimum absolute atomic E-state index is 0.0456. The normalized spacial score (nSPS) is 13.6. The molecule has 0 radical (unpaired) electrons. The number of hydrogen-bond acceptors (Lipinski definition) is 9. The third-order valence-electron chi connectivity index (χ3n) is 3.98. The zero-order chi connectivity index (χ0) is 21.6. The first-order valence-corrected chi connectivity index (χ1v) is 9.30. The van der Waals surface area contributed by atoms with Crippen molar-refractivity contribution in [3.8, 4) is 23.3 Å². The average molecular weight is 445 g/mol. The minimum Gasteiger partial charge on any atom is -0.470 e. The van der Waals surface area contributed by atoms with E-state index < -0.39 is 11.7 Å². The van der Waals surface area contributed by atoms with E-state index >= 15 is 0 Å². The molecule has 1 aliphatic rings. The standard InChI is InChI=1S/C20H14ClFN4O5/c21-13-6-2-4-8-15(13)31-19-16(22)18(23-11-24-19)30-14-7-3-1-5-12(14)17(25-27)20-26-29-10-9-28-20/h1-8,11,27H,9-10H2/b25-17-. The Bertz CT molecular complexity index is 1160. The van der Waals surface area contributed by atoms with Crippen molar-refractivity contribution >= 4 is 23.2 Å². The molecule has 0 bridgehead atoms. The van der Waals surface area contributed by atoms with Gasteiger partial charge in [0, 0.05) is 0 Å². The van der Waals surface area contributed by atoms with Gasteiger partial charge in [0.05, 0.1) is 10.6 Å². The molecule has 0 saturated carbocycles. The van der Waals surface area contributed by atoms with Crippen LogP contribution in [0.3, 0.4) is 0 Å². The van der Waals surface area contributed by atoms with E-state index in [1.165, 1.54) is 6.07 Å². The number of rotatable bonds is 6. The van der Waals surface area contributed by atoms with Crippen molar-refractivity contribution in [2.75, 3.05) is 13.2 Å². The number of oxime groups is 2. The molecule has 3 aromatic rings. The van der Waals surface area contributed by atoms with Gasteiger partial charge >= 0.3 is 0 Å². The second-order valence-corrected chi connectivity index (χ2v) is 6.36. The van der Waals surface area contributed by atoms with Crippen LogP contribution >= 0.6 is 11.6 Å². The molecule has 0 unspecified atom stereocenters. The summed E-state index contributed by atoms with van der Waals surface area (Å²) in [4.78, 5) is 12.6. The van der Waals surface area contributed by atoms with Gasteiger partial charge in [0.25, 0.3) is 17.7 Å². The highest BCUT2D eigenvalue weighted by atomic mass is 35.5. The van der Waals surface area contributed by atoms with E-state index in [1.807, 2.05) is 0 Å². The molecule has 0 amide bonds. The predicted molar refractivity (Wildman–Crippen MR) is 108 cm³/mol. The van der Waals surface area contributed by atoms with E-state index in [2.05, 4.69) is 20.3 Å². The first-order chi connectivity index (χ1) is 15.2. The second kappa shape index (κ2) is 9.26. The second-order valence-electron chi connectivity index (χ2n) is 5.96. The van der Waals surface area contributed by atoms with Crippen LogP contribution in [0.2, 0.25) is 5.02 Å². The van der Waals surface area contributed by atoms with E-state index in [-0.39, 0.29) is 52.8 Å². The molecule has 31 heavy (non-hydrogen) atoms. The van der Waals surface area contributed by atoms with Crippen LogP contribution < -0.4 is 9.47 Å². The van der Waals surface area contributed by atoms with Gasteiger partial charge in [-0.1, -0.05) is 41.0 Å².